The molecule has 1 unspecified atom stereocenters. The van der Waals surface area contributed by atoms with Crippen LogP contribution in [0.2, 0.25) is 5.02 Å². The second-order valence-electron chi connectivity index (χ2n) is 7.12. The summed E-state index contributed by atoms with van der Waals surface area (Å²) < 4.78 is 7.13. The summed E-state index contributed by atoms with van der Waals surface area (Å²) in [6, 6.07) is 17.5. The molecule has 0 bridgehead atoms. The summed E-state index contributed by atoms with van der Waals surface area (Å²) >= 11 is 6.12. The Morgan fingerprint density at radius 1 is 1.13 bits per heavy atom. The number of carbonyl (C=O) groups is 1. The van der Waals surface area contributed by atoms with Gasteiger partial charge >= 0.3 is 5.97 Å². The molecule has 2 aromatic carbocycles. The summed E-state index contributed by atoms with van der Waals surface area (Å²) in [5.74, 6) is -0.759. The van der Waals surface area contributed by atoms with Crippen molar-refractivity contribution < 1.29 is 9.53 Å². The molecule has 0 aliphatic carbocycles. The van der Waals surface area contributed by atoms with E-state index in [0.29, 0.717) is 23.7 Å². The molecule has 4 rings (SSSR count). The fraction of sp³-hybridized carbons (Fsp3) is 0.208. The van der Waals surface area contributed by atoms with Gasteiger partial charge in [-0.05, 0) is 55.2 Å². The maximum Gasteiger partial charge on any atom is 0.315 e. The van der Waals surface area contributed by atoms with Crippen molar-refractivity contribution in [1.29, 1.82) is 0 Å². The Hall–Kier alpha value is -3.18. The summed E-state index contributed by atoms with van der Waals surface area (Å²) in [6.45, 7) is 4.15. The summed E-state index contributed by atoms with van der Waals surface area (Å²) in [6.07, 6.45) is 4.03. The van der Waals surface area contributed by atoms with Crippen LogP contribution in [0.4, 0.5) is 0 Å². The zero-order valence-electron chi connectivity index (χ0n) is 16.9. The first-order chi connectivity index (χ1) is 14.6. The average Bonchev–Trinajstić information content (AvgIpc) is 3.17. The number of aryl methyl sites for hydroxylation is 1. The first kappa shape index (κ1) is 20.1. The minimum atomic E-state index is -0.489. The molecule has 0 radical (unpaired) electrons. The predicted octanol–water partition coefficient (Wildman–Crippen LogP) is 5.25. The van der Waals surface area contributed by atoms with E-state index in [-0.39, 0.29) is 5.97 Å². The Kier molecular flexibility index (Phi) is 5.81. The van der Waals surface area contributed by atoms with Crippen LogP contribution < -0.4 is 0 Å². The van der Waals surface area contributed by atoms with Crippen molar-refractivity contribution in [3.63, 3.8) is 0 Å². The number of hydrogen-bond donors (Lipinski definition) is 0. The standard InChI is InChI=1S/C24H22ClN3O2/c1-3-30-24(29)20(14-17-7-5-4-6-8-17)22-11-12-26-23-21(15-27-28(22)23)19-10-9-18(25)13-16(19)2/h4-13,15,20H,3,14H2,1-2H3. The van der Waals surface area contributed by atoms with E-state index in [1.165, 1.54) is 0 Å². The summed E-state index contributed by atoms with van der Waals surface area (Å²) in [5, 5.41) is 5.26. The lowest BCUT2D eigenvalue weighted by Crippen LogP contribution is -2.21. The second-order valence-corrected chi connectivity index (χ2v) is 7.55. The SMILES string of the molecule is CCOC(=O)C(Cc1ccccc1)c1ccnc2c(-c3ccc(Cl)cc3C)cnn12. The van der Waals surface area contributed by atoms with Gasteiger partial charge in [-0.3, -0.25) is 4.79 Å². The molecule has 2 heterocycles. The number of ether oxygens (including phenoxy) is 1. The van der Waals surface area contributed by atoms with Crippen LogP contribution in [0.15, 0.2) is 67.0 Å². The molecule has 0 saturated heterocycles. The van der Waals surface area contributed by atoms with Crippen LogP contribution in [0, 0.1) is 6.92 Å². The van der Waals surface area contributed by atoms with Crippen molar-refractivity contribution in [2.45, 2.75) is 26.2 Å². The van der Waals surface area contributed by atoms with E-state index in [1.54, 1.807) is 16.9 Å². The molecule has 0 spiro atoms. The van der Waals surface area contributed by atoms with Crippen molar-refractivity contribution in [2.24, 2.45) is 0 Å². The van der Waals surface area contributed by atoms with Crippen molar-refractivity contribution in [1.82, 2.24) is 14.6 Å². The van der Waals surface area contributed by atoms with Gasteiger partial charge in [0.2, 0.25) is 0 Å². The number of nitrogens with zero attached hydrogens (tertiary/aromatic N) is 3. The zero-order chi connectivity index (χ0) is 21.1. The van der Waals surface area contributed by atoms with Gasteiger partial charge in [-0.25, -0.2) is 9.50 Å². The molecule has 1 atom stereocenters. The number of hydrogen-bond acceptors (Lipinski definition) is 4. The van der Waals surface area contributed by atoms with Gasteiger partial charge in [0, 0.05) is 16.8 Å². The summed E-state index contributed by atoms with van der Waals surface area (Å²) in [4.78, 5) is 17.4. The third kappa shape index (κ3) is 3.94. The van der Waals surface area contributed by atoms with Crippen LogP contribution in [0.5, 0.6) is 0 Å². The molecule has 0 amide bonds. The van der Waals surface area contributed by atoms with Crippen LogP contribution in [0.1, 0.15) is 29.7 Å². The number of rotatable bonds is 6. The molecular weight excluding hydrogens is 398 g/mol. The smallest absolute Gasteiger partial charge is 0.315 e. The number of benzene rings is 2. The molecule has 0 fully saturated rings. The molecule has 0 aliphatic heterocycles. The fourth-order valence-corrected chi connectivity index (χ4v) is 3.92. The topological polar surface area (TPSA) is 56.5 Å². The predicted molar refractivity (Wildman–Crippen MR) is 118 cm³/mol. The number of esters is 1. The molecular formula is C24H22ClN3O2. The number of carbonyl (C=O) groups excluding carboxylic acids is 1. The highest BCUT2D eigenvalue weighted by Gasteiger charge is 2.26. The molecule has 6 heteroatoms. The third-order valence-electron chi connectivity index (χ3n) is 5.12. The van der Waals surface area contributed by atoms with Gasteiger partial charge in [-0.2, -0.15) is 5.10 Å². The van der Waals surface area contributed by atoms with E-state index in [0.717, 1.165) is 27.9 Å². The Balaban J connectivity index is 1.81. The zero-order valence-corrected chi connectivity index (χ0v) is 17.6. The molecule has 152 valence electrons. The lowest BCUT2D eigenvalue weighted by Gasteiger charge is -2.17. The van der Waals surface area contributed by atoms with Gasteiger partial charge in [0.15, 0.2) is 5.65 Å². The molecule has 30 heavy (non-hydrogen) atoms. The van der Waals surface area contributed by atoms with Crippen molar-refractivity contribution in [2.75, 3.05) is 6.61 Å². The average molecular weight is 420 g/mol. The van der Waals surface area contributed by atoms with Crippen LogP contribution in [0.25, 0.3) is 16.8 Å². The Morgan fingerprint density at radius 3 is 2.67 bits per heavy atom. The molecule has 4 aromatic rings. The second kappa shape index (κ2) is 8.67. The summed E-state index contributed by atoms with van der Waals surface area (Å²) in [7, 11) is 0. The number of fused-ring (bicyclic) bond motifs is 1. The maximum atomic E-state index is 12.9. The van der Waals surface area contributed by atoms with Gasteiger partial charge in [0.25, 0.3) is 0 Å². The highest BCUT2D eigenvalue weighted by molar-refractivity contribution is 6.30. The number of halogens is 1. The largest absolute Gasteiger partial charge is 0.465 e. The highest BCUT2D eigenvalue weighted by Crippen LogP contribution is 2.31. The van der Waals surface area contributed by atoms with E-state index < -0.39 is 5.92 Å². The molecule has 2 aromatic heterocycles. The van der Waals surface area contributed by atoms with E-state index in [1.807, 2.05) is 68.4 Å². The van der Waals surface area contributed by atoms with E-state index in [2.05, 4.69) is 10.1 Å². The van der Waals surface area contributed by atoms with Gasteiger partial charge in [0.05, 0.1) is 18.5 Å². The van der Waals surface area contributed by atoms with E-state index in [4.69, 9.17) is 16.3 Å². The molecule has 0 aliphatic rings. The van der Waals surface area contributed by atoms with Crippen molar-refractivity contribution in [3.8, 4) is 11.1 Å². The Labute approximate surface area is 180 Å². The minimum absolute atomic E-state index is 0.270. The van der Waals surface area contributed by atoms with Crippen molar-refractivity contribution >= 4 is 23.2 Å². The lowest BCUT2D eigenvalue weighted by molar-refractivity contribution is -0.145. The highest BCUT2D eigenvalue weighted by atomic mass is 35.5. The first-order valence-electron chi connectivity index (χ1n) is 9.88. The molecule has 0 N–H and O–H groups in total. The molecule has 0 saturated carbocycles. The van der Waals surface area contributed by atoms with E-state index in [9.17, 15) is 4.79 Å². The van der Waals surface area contributed by atoms with Crippen molar-refractivity contribution in [3.05, 3.63) is 88.8 Å². The number of aromatic nitrogens is 3. The van der Waals surface area contributed by atoms with Crippen LogP contribution in [-0.2, 0) is 16.0 Å². The minimum Gasteiger partial charge on any atom is -0.465 e. The normalized spacial score (nSPS) is 12.1. The van der Waals surface area contributed by atoms with Crippen LogP contribution in [0.3, 0.4) is 0 Å². The Bertz CT molecular complexity index is 1190. The maximum absolute atomic E-state index is 12.9. The van der Waals surface area contributed by atoms with E-state index >= 15 is 0 Å². The van der Waals surface area contributed by atoms with Gasteiger partial charge in [-0.1, -0.05) is 48.0 Å². The Morgan fingerprint density at radius 2 is 1.93 bits per heavy atom. The van der Waals surface area contributed by atoms with Gasteiger partial charge < -0.3 is 4.74 Å². The first-order valence-corrected chi connectivity index (χ1v) is 10.3. The third-order valence-corrected chi connectivity index (χ3v) is 5.36. The lowest BCUT2D eigenvalue weighted by atomic mass is 9.95. The molecule has 5 nitrogen and oxygen atoms in total. The van der Waals surface area contributed by atoms with Gasteiger partial charge in [0.1, 0.15) is 5.92 Å². The monoisotopic (exact) mass is 419 g/mol. The van der Waals surface area contributed by atoms with Crippen LogP contribution in [-0.4, -0.2) is 27.2 Å². The fourth-order valence-electron chi connectivity index (χ4n) is 3.69. The summed E-state index contributed by atoms with van der Waals surface area (Å²) in [5.41, 5.74) is 5.45. The quantitative estimate of drug-likeness (QED) is 0.400. The van der Waals surface area contributed by atoms with Gasteiger partial charge in [-0.15, -0.1) is 0 Å². The van der Waals surface area contributed by atoms with Crippen LogP contribution >= 0.6 is 11.6 Å².